The molecule has 0 aromatic heterocycles. The highest BCUT2D eigenvalue weighted by molar-refractivity contribution is 5.07. The van der Waals surface area contributed by atoms with Crippen molar-refractivity contribution in [2.24, 2.45) is 0 Å². The van der Waals surface area contributed by atoms with Gasteiger partial charge in [-0.15, -0.1) is 0 Å². The lowest BCUT2D eigenvalue weighted by Gasteiger charge is -1.84. The number of hydrogen-bond acceptors (Lipinski definition) is 3. The van der Waals surface area contributed by atoms with E-state index in [1.165, 1.54) is 0 Å². The quantitative estimate of drug-likeness (QED) is 0.363. The maximum Gasteiger partial charge on any atom is 0.116 e. The van der Waals surface area contributed by atoms with E-state index in [0.717, 1.165) is 12.2 Å². The Kier molecular flexibility index (Phi) is 3.70. The van der Waals surface area contributed by atoms with E-state index in [1.54, 1.807) is 0 Å². The summed E-state index contributed by atoms with van der Waals surface area (Å²) in [7, 11) is 0. The van der Waals surface area contributed by atoms with E-state index in [9.17, 15) is 0 Å². The molecule has 0 atom stereocenters. The molecular weight excluding hydrogens is 108 g/mol. The van der Waals surface area contributed by atoms with Crippen LogP contribution in [0.2, 0.25) is 0 Å². The monoisotopic (exact) mass is 116 g/mol. The summed E-state index contributed by atoms with van der Waals surface area (Å²) in [5.74, 6) is -0.144. The second kappa shape index (κ2) is 4.21. The second-order valence-corrected chi connectivity index (χ2v) is 1.13. The third-order valence-corrected chi connectivity index (χ3v) is 0.546. The van der Waals surface area contributed by atoms with Crippen LogP contribution in [0.1, 0.15) is 0 Å². The van der Waals surface area contributed by atoms with E-state index in [1.807, 2.05) is 0 Å². The molecule has 0 fully saturated rings. The SMILES string of the molecule is OC=CC(O)=CCO. The fourth-order valence-electron chi connectivity index (χ4n) is 0.238. The summed E-state index contributed by atoms with van der Waals surface area (Å²) >= 11 is 0. The highest BCUT2D eigenvalue weighted by Gasteiger charge is 1.78. The molecule has 0 aliphatic carbocycles. The minimum atomic E-state index is -0.226. The van der Waals surface area contributed by atoms with Crippen LogP contribution in [0.4, 0.5) is 0 Å². The Bertz CT molecular complexity index is 104. The van der Waals surface area contributed by atoms with Crippen LogP contribution in [-0.4, -0.2) is 21.9 Å². The van der Waals surface area contributed by atoms with Gasteiger partial charge in [0, 0.05) is 6.08 Å². The number of allylic oxidation sites excluding steroid dienone is 1. The first-order valence-corrected chi connectivity index (χ1v) is 2.12. The average Bonchev–Trinajstić information content (AvgIpc) is 1.68. The summed E-state index contributed by atoms with van der Waals surface area (Å²) in [6.45, 7) is -0.226. The Morgan fingerprint density at radius 1 is 1.50 bits per heavy atom. The van der Waals surface area contributed by atoms with Crippen LogP contribution < -0.4 is 0 Å². The van der Waals surface area contributed by atoms with Gasteiger partial charge < -0.3 is 15.3 Å². The Labute approximate surface area is 47.2 Å². The van der Waals surface area contributed by atoms with Crippen molar-refractivity contribution in [1.82, 2.24) is 0 Å². The number of aliphatic hydroxyl groups excluding tert-OH is 3. The largest absolute Gasteiger partial charge is 0.515 e. The molecule has 0 amide bonds. The molecule has 0 rings (SSSR count). The number of rotatable bonds is 2. The predicted octanol–water partition coefficient (Wildman–Crippen LogP) is 0.492. The second-order valence-electron chi connectivity index (χ2n) is 1.13. The molecule has 0 unspecified atom stereocenters. The highest BCUT2D eigenvalue weighted by Crippen LogP contribution is 1.86. The van der Waals surface area contributed by atoms with Crippen molar-refractivity contribution >= 4 is 0 Å². The van der Waals surface area contributed by atoms with Crippen molar-refractivity contribution in [1.29, 1.82) is 0 Å². The number of hydrogen-bond donors (Lipinski definition) is 3. The first kappa shape index (κ1) is 7.04. The average molecular weight is 116 g/mol. The zero-order chi connectivity index (χ0) is 6.41. The zero-order valence-electron chi connectivity index (χ0n) is 4.28. The van der Waals surface area contributed by atoms with Crippen molar-refractivity contribution in [3.05, 3.63) is 24.2 Å². The number of aliphatic hydroxyl groups is 3. The molecule has 0 aliphatic rings. The highest BCUT2D eigenvalue weighted by atomic mass is 16.3. The Morgan fingerprint density at radius 2 is 2.12 bits per heavy atom. The third kappa shape index (κ3) is 3.24. The van der Waals surface area contributed by atoms with Gasteiger partial charge in [0.25, 0.3) is 0 Å². The van der Waals surface area contributed by atoms with E-state index < -0.39 is 0 Å². The van der Waals surface area contributed by atoms with Gasteiger partial charge >= 0.3 is 0 Å². The van der Waals surface area contributed by atoms with Crippen LogP contribution in [0.25, 0.3) is 0 Å². The molecular formula is C5H8O3. The van der Waals surface area contributed by atoms with Crippen LogP contribution in [-0.2, 0) is 0 Å². The summed E-state index contributed by atoms with van der Waals surface area (Å²) in [5, 5.41) is 24.6. The van der Waals surface area contributed by atoms with Gasteiger partial charge in [-0.2, -0.15) is 0 Å². The molecule has 0 bridgehead atoms. The van der Waals surface area contributed by atoms with E-state index in [2.05, 4.69) is 0 Å². The fraction of sp³-hybridized carbons (Fsp3) is 0.200. The summed E-state index contributed by atoms with van der Waals surface area (Å²) in [5.41, 5.74) is 0. The molecule has 0 spiro atoms. The van der Waals surface area contributed by atoms with Crippen molar-refractivity contribution in [3.63, 3.8) is 0 Å². The molecule has 0 saturated carbocycles. The van der Waals surface area contributed by atoms with Crippen LogP contribution in [0, 0.1) is 0 Å². The van der Waals surface area contributed by atoms with E-state index in [4.69, 9.17) is 15.3 Å². The van der Waals surface area contributed by atoms with Gasteiger partial charge in [-0.25, -0.2) is 0 Å². The molecule has 8 heavy (non-hydrogen) atoms. The summed E-state index contributed by atoms with van der Waals surface area (Å²) in [4.78, 5) is 0. The first-order chi connectivity index (χ1) is 3.81. The van der Waals surface area contributed by atoms with Gasteiger partial charge in [-0.3, -0.25) is 0 Å². The van der Waals surface area contributed by atoms with Gasteiger partial charge in [0.2, 0.25) is 0 Å². The predicted molar refractivity (Wildman–Crippen MR) is 29.6 cm³/mol. The van der Waals surface area contributed by atoms with Crippen LogP contribution in [0.5, 0.6) is 0 Å². The lowest BCUT2D eigenvalue weighted by Crippen LogP contribution is -1.78. The van der Waals surface area contributed by atoms with Crippen LogP contribution in [0.15, 0.2) is 24.2 Å². The first-order valence-electron chi connectivity index (χ1n) is 2.12. The molecule has 0 saturated heterocycles. The van der Waals surface area contributed by atoms with Gasteiger partial charge in [0.15, 0.2) is 0 Å². The minimum absolute atomic E-state index is 0.144. The van der Waals surface area contributed by atoms with E-state index in [0.29, 0.717) is 6.26 Å². The maximum absolute atomic E-state index is 8.50. The molecule has 0 radical (unpaired) electrons. The summed E-state index contributed by atoms with van der Waals surface area (Å²) < 4.78 is 0. The van der Waals surface area contributed by atoms with Crippen molar-refractivity contribution in [3.8, 4) is 0 Å². The maximum atomic E-state index is 8.50. The van der Waals surface area contributed by atoms with Gasteiger partial charge in [0.1, 0.15) is 5.76 Å². The Hall–Kier alpha value is -0.960. The molecule has 3 N–H and O–H groups in total. The topological polar surface area (TPSA) is 60.7 Å². The molecule has 0 aliphatic heterocycles. The molecule has 0 aromatic rings. The molecule has 0 heterocycles. The minimum Gasteiger partial charge on any atom is -0.515 e. The van der Waals surface area contributed by atoms with Gasteiger partial charge in [-0.05, 0) is 6.08 Å². The molecule has 46 valence electrons. The Balaban J connectivity index is 3.61. The Morgan fingerprint density at radius 3 is 2.50 bits per heavy atom. The van der Waals surface area contributed by atoms with Gasteiger partial charge in [-0.1, -0.05) is 0 Å². The summed E-state index contributed by atoms with van der Waals surface area (Å²) in [6, 6.07) is 0. The zero-order valence-corrected chi connectivity index (χ0v) is 4.28. The molecule has 3 nitrogen and oxygen atoms in total. The fourth-order valence-corrected chi connectivity index (χ4v) is 0.238. The normalized spacial score (nSPS) is 12.9. The lowest BCUT2D eigenvalue weighted by atomic mass is 10.4. The van der Waals surface area contributed by atoms with E-state index >= 15 is 0 Å². The molecule has 0 aromatic carbocycles. The van der Waals surface area contributed by atoms with Crippen LogP contribution in [0.3, 0.4) is 0 Å². The van der Waals surface area contributed by atoms with Crippen molar-refractivity contribution < 1.29 is 15.3 Å². The lowest BCUT2D eigenvalue weighted by molar-refractivity contribution is 0.332. The van der Waals surface area contributed by atoms with E-state index in [-0.39, 0.29) is 12.4 Å². The van der Waals surface area contributed by atoms with Crippen molar-refractivity contribution in [2.75, 3.05) is 6.61 Å². The standard InChI is InChI=1S/C5H8O3/c6-3-1-5(8)2-4-7/h1-3,6-8H,4H2. The van der Waals surface area contributed by atoms with Crippen LogP contribution >= 0.6 is 0 Å². The smallest absolute Gasteiger partial charge is 0.116 e. The summed E-state index contributed by atoms with van der Waals surface area (Å²) in [6.07, 6.45) is 2.92. The molecule has 3 heteroatoms. The van der Waals surface area contributed by atoms with Crippen molar-refractivity contribution in [2.45, 2.75) is 0 Å². The third-order valence-electron chi connectivity index (χ3n) is 0.546. The van der Waals surface area contributed by atoms with Gasteiger partial charge in [0.05, 0.1) is 12.9 Å².